The Balaban J connectivity index is 1.37. The number of rotatable bonds is 6. The van der Waals surface area contributed by atoms with Crippen LogP contribution in [0.25, 0.3) is 0 Å². The number of carbonyl (C=O) groups excluding carboxylic acids is 1. The summed E-state index contributed by atoms with van der Waals surface area (Å²) in [7, 11) is 0. The number of unbranched alkanes of at least 4 members (excludes halogenated alkanes) is 1. The average Bonchev–Trinajstić information content (AvgIpc) is 2.67. The molecule has 26 heavy (non-hydrogen) atoms. The quantitative estimate of drug-likeness (QED) is 0.623. The molecular formula is C20H23BrClN3O. The van der Waals surface area contributed by atoms with Gasteiger partial charge >= 0.3 is 0 Å². The molecule has 0 N–H and O–H groups in total. The predicted molar refractivity (Wildman–Crippen MR) is 110 cm³/mol. The fourth-order valence-corrected chi connectivity index (χ4v) is 3.53. The lowest BCUT2D eigenvalue weighted by Gasteiger charge is -2.35. The summed E-state index contributed by atoms with van der Waals surface area (Å²) in [4.78, 5) is 20.9. The number of piperazine rings is 1. The van der Waals surface area contributed by atoms with E-state index in [4.69, 9.17) is 11.6 Å². The Morgan fingerprint density at radius 2 is 1.77 bits per heavy atom. The van der Waals surface area contributed by atoms with Crippen molar-refractivity contribution in [3.8, 4) is 0 Å². The lowest BCUT2D eigenvalue weighted by Crippen LogP contribution is -2.49. The number of carbonyl (C=O) groups is 1. The fraction of sp³-hybridized carbons (Fsp3) is 0.400. The maximum atomic E-state index is 12.4. The summed E-state index contributed by atoms with van der Waals surface area (Å²) >= 11 is 9.33. The molecule has 0 atom stereocenters. The second-order valence-electron chi connectivity index (χ2n) is 6.54. The number of aryl methyl sites for hydroxylation is 1. The van der Waals surface area contributed by atoms with Crippen LogP contribution in [0.1, 0.15) is 24.8 Å². The zero-order valence-corrected chi connectivity index (χ0v) is 17.0. The average molecular weight is 437 g/mol. The molecule has 0 aliphatic carbocycles. The predicted octanol–water partition coefficient (Wildman–Crippen LogP) is 4.56. The van der Waals surface area contributed by atoms with E-state index in [1.807, 2.05) is 17.0 Å². The lowest BCUT2D eigenvalue weighted by atomic mass is 10.1. The van der Waals surface area contributed by atoms with Crippen LogP contribution in [0.2, 0.25) is 5.02 Å². The standard InChI is InChI=1S/C20H23BrClN3O/c21-17-7-5-16(6-8-17)3-1-2-4-20(26)25-13-11-24(12-14-25)19-10-9-18(22)15-23-19/h5-10,15H,1-4,11-14H2. The normalized spacial score (nSPS) is 14.5. The number of aromatic nitrogens is 1. The number of amides is 1. The van der Waals surface area contributed by atoms with Crippen molar-refractivity contribution < 1.29 is 4.79 Å². The SMILES string of the molecule is O=C(CCCCc1ccc(Br)cc1)N1CCN(c2ccc(Cl)cn2)CC1. The van der Waals surface area contributed by atoms with Gasteiger partial charge in [0.1, 0.15) is 5.82 Å². The molecule has 1 aromatic heterocycles. The Morgan fingerprint density at radius 3 is 2.42 bits per heavy atom. The Morgan fingerprint density at radius 1 is 1.04 bits per heavy atom. The van der Waals surface area contributed by atoms with E-state index in [-0.39, 0.29) is 5.91 Å². The number of pyridine rings is 1. The van der Waals surface area contributed by atoms with Crippen molar-refractivity contribution in [1.82, 2.24) is 9.88 Å². The van der Waals surface area contributed by atoms with E-state index in [1.165, 1.54) is 5.56 Å². The van der Waals surface area contributed by atoms with E-state index in [0.29, 0.717) is 11.4 Å². The first-order chi connectivity index (χ1) is 12.6. The van der Waals surface area contributed by atoms with Crippen LogP contribution in [-0.2, 0) is 11.2 Å². The van der Waals surface area contributed by atoms with Crippen molar-refractivity contribution in [3.05, 3.63) is 57.7 Å². The molecule has 0 bridgehead atoms. The molecule has 1 aliphatic rings. The monoisotopic (exact) mass is 435 g/mol. The van der Waals surface area contributed by atoms with Crippen LogP contribution in [-0.4, -0.2) is 42.0 Å². The fourth-order valence-electron chi connectivity index (χ4n) is 3.15. The van der Waals surface area contributed by atoms with Gasteiger partial charge in [-0.3, -0.25) is 4.79 Å². The number of anilines is 1. The summed E-state index contributed by atoms with van der Waals surface area (Å²) in [5.74, 6) is 1.19. The molecule has 0 unspecified atom stereocenters. The third kappa shape index (κ3) is 5.45. The first kappa shape index (κ1) is 19.2. The highest BCUT2D eigenvalue weighted by Crippen LogP contribution is 2.17. The van der Waals surface area contributed by atoms with Crippen LogP contribution in [0.5, 0.6) is 0 Å². The van der Waals surface area contributed by atoms with Crippen molar-refractivity contribution in [2.75, 3.05) is 31.1 Å². The van der Waals surface area contributed by atoms with Gasteiger partial charge in [0, 0.05) is 43.3 Å². The van der Waals surface area contributed by atoms with Crippen molar-refractivity contribution in [2.45, 2.75) is 25.7 Å². The molecular weight excluding hydrogens is 414 g/mol. The molecule has 1 saturated heterocycles. The Kier molecular flexibility index (Phi) is 6.92. The van der Waals surface area contributed by atoms with E-state index in [2.05, 4.69) is 50.1 Å². The minimum absolute atomic E-state index is 0.268. The van der Waals surface area contributed by atoms with E-state index >= 15 is 0 Å². The Bertz CT molecular complexity index is 713. The van der Waals surface area contributed by atoms with E-state index < -0.39 is 0 Å². The van der Waals surface area contributed by atoms with Gasteiger partial charge in [0.2, 0.25) is 5.91 Å². The van der Waals surface area contributed by atoms with Gasteiger partial charge in [-0.25, -0.2) is 4.98 Å². The molecule has 2 aromatic rings. The summed E-state index contributed by atoms with van der Waals surface area (Å²) in [5, 5.41) is 0.644. The zero-order chi connectivity index (χ0) is 18.4. The maximum absolute atomic E-state index is 12.4. The summed E-state index contributed by atoms with van der Waals surface area (Å²) < 4.78 is 1.10. The number of benzene rings is 1. The van der Waals surface area contributed by atoms with E-state index in [1.54, 1.807) is 6.20 Å². The van der Waals surface area contributed by atoms with Gasteiger partial charge in [-0.15, -0.1) is 0 Å². The lowest BCUT2D eigenvalue weighted by molar-refractivity contribution is -0.131. The van der Waals surface area contributed by atoms with E-state index in [0.717, 1.165) is 55.7 Å². The Labute approximate surface area is 168 Å². The van der Waals surface area contributed by atoms with Crippen LogP contribution < -0.4 is 4.90 Å². The molecule has 138 valence electrons. The topological polar surface area (TPSA) is 36.4 Å². The van der Waals surface area contributed by atoms with Crippen LogP contribution in [0.15, 0.2) is 47.1 Å². The summed E-state index contributed by atoms with van der Waals surface area (Å²) in [5.41, 5.74) is 1.32. The van der Waals surface area contributed by atoms with Crippen LogP contribution in [0, 0.1) is 0 Å². The molecule has 3 rings (SSSR count). The van der Waals surface area contributed by atoms with Gasteiger partial charge in [-0.1, -0.05) is 39.7 Å². The molecule has 1 amide bonds. The smallest absolute Gasteiger partial charge is 0.222 e. The van der Waals surface area contributed by atoms with Crippen molar-refractivity contribution in [2.24, 2.45) is 0 Å². The maximum Gasteiger partial charge on any atom is 0.222 e. The van der Waals surface area contributed by atoms with Crippen molar-refractivity contribution in [1.29, 1.82) is 0 Å². The third-order valence-corrected chi connectivity index (χ3v) is 5.44. The number of hydrogen-bond donors (Lipinski definition) is 0. The highest BCUT2D eigenvalue weighted by Gasteiger charge is 2.21. The molecule has 2 heterocycles. The Hall–Kier alpha value is -1.59. The molecule has 1 aliphatic heterocycles. The summed E-state index contributed by atoms with van der Waals surface area (Å²) in [6, 6.07) is 12.2. The first-order valence-electron chi connectivity index (χ1n) is 9.00. The molecule has 0 saturated carbocycles. The highest BCUT2D eigenvalue weighted by atomic mass is 79.9. The van der Waals surface area contributed by atoms with Crippen LogP contribution in [0.4, 0.5) is 5.82 Å². The molecule has 0 spiro atoms. The van der Waals surface area contributed by atoms with Gasteiger partial charge < -0.3 is 9.80 Å². The molecule has 4 nitrogen and oxygen atoms in total. The van der Waals surface area contributed by atoms with Gasteiger partial charge in [0.25, 0.3) is 0 Å². The van der Waals surface area contributed by atoms with Crippen molar-refractivity contribution in [3.63, 3.8) is 0 Å². The molecule has 1 aromatic carbocycles. The highest BCUT2D eigenvalue weighted by molar-refractivity contribution is 9.10. The van der Waals surface area contributed by atoms with Crippen molar-refractivity contribution >= 4 is 39.3 Å². The second kappa shape index (κ2) is 9.38. The zero-order valence-electron chi connectivity index (χ0n) is 14.7. The minimum Gasteiger partial charge on any atom is -0.353 e. The summed E-state index contributed by atoms with van der Waals surface area (Å²) in [6.45, 7) is 3.16. The molecule has 0 radical (unpaired) electrons. The van der Waals surface area contributed by atoms with Gasteiger partial charge in [-0.05, 0) is 49.1 Å². The third-order valence-electron chi connectivity index (χ3n) is 4.69. The number of nitrogens with zero attached hydrogens (tertiary/aromatic N) is 3. The molecule has 6 heteroatoms. The number of halogens is 2. The van der Waals surface area contributed by atoms with Crippen LogP contribution >= 0.6 is 27.5 Å². The minimum atomic E-state index is 0.268. The first-order valence-corrected chi connectivity index (χ1v) is 10.2. The second-order valence-corrected chi connectivity index (χ2v) is 7.89. The van der Waals surface area contributed by atoms with E-state index in [9.17, 15) is 4.79 Å². The van der Waals surface area contributed by atoms with Gasteiger partial charge in [-0.2, -0.15) is 0 Å². The largest absolute Gasteiger partial charge is 0.353 e. The number of hydrogen-bond acceptors (Lipinski definition) is 3. The van der Waals surface area contributed by atoms with Gasteiger partial charge in [0.15, 0.2) is 0 Å². The van der Waals surface area contributed by atoms with Gasteiger partial charge in [0.05, 0.1) is 5.02 Å². The molecule has 1 fully saturated rings. The van der Waals surface area contributed by atoms with Crippen LogP contribution in [0.3, 0.4) is 0 Å². The summed E-state index contributed by atoms with van der Waals surface area (Å²) in [6.07, 6.45) is 5.31.